The van der Waals surface area contributed by atoms with E-state index in [0.29, 0.717) is 24.2 Å². The Morgan fingerprint density at radius 1 is 1.09 bits per heavy atom. The minimum Gasteiger partial charge on any atom is -0.438 e. The van der Waals surface area contributed by atoms with E-state index in [-0.39, 0.29) is 52.3 Å². The molecule has 0 unspecified atom stereocenters. The first kappa shape index (κ1) is 31.5. The smallest absolute Gasteiger partial charge is 0.416 e. The second kappa shape index (κ2) is 13.4. The zero-order valence-corrected chi connectivity index (χ0v) is 25.1. The highest BCUT2D eigenvalue weighted by molar-refractivity contribution is 6.30. The summed E-state index contributed by atoms with van der Waals surface area (Å²) < 4.78 is 48.4. The van der Waals surface area contributed by atoms with E-state index in [9.17, 15) is 18.0 Å². The van der Waals surface area contributed by atoms with Crippen LogP contribution >= 0.6 is 0 Å². The molecule has 2 aromatic carbocycles. The number of carbonyl (C=O) groups is 1. The van der Waals surface area contributed by atoms with Gasteiger partial charge in [-0.05, 0) is 61.5 Å². The number of rotatable bonds is 7. The van der Waals surface area contributed by atoms with Crippen molar-refractivity contribution in [3.05, 3.63) is 101 Å². The third-order valence-corrected chi connectivity index (χ3v) is 7.44. The predicted octanol–water partition coefficient (Wildman–Crippen LogP) is 4.73. The van der Waals surface area contributed by atoms with Gasteiger partial charge in [0, 0.05) is 75.2 Å². The first-order valence-corrected chi connectivity index (χ1v) is 14.3. The number of aliphatic imine (C=N–C) groups is 2. The molecular formula is C32H33F3N8O2. The molecule has 2 aliphatic rings. The Labute approximate surface area is 258 Å². The number of benzene rings is 2. The number of hydrogen-bond donors (Lipinski definition) is 3. The van der Waals surface area contributed by atoms with Gasteiger partial charge in [-0.25, -0.2) is 4.99 Å². The van der Waals surface area contributed by atoms with Gasteiger partial charge < -0.3 is 20.3 Å². The Hall–Kier alpha value is -4.88. The van der Waals surface area contributed by atoms with E-state index < -0.39 is 17.6 Å². The molecule has 1 fully saturated rings. The van der Waals surface area contributed by atoms with Gasteiger partial charge in [-0.1, -0.05) is 12.1 Å². The van der Waals surface area contributed by atoms with Crippen LogP contribution in [0.5, 0.6) is 5.75 Å². The van der Waals surface area contributed by atoms with Crippen LogP contribution in [-0.2, 0) is 12.7 Å². The van der Waals surface area contributed by atoms with Gasteiger partial charge >= 0.3 is 6.18 Å². The molecule has 1 aromatic heterocycles. The molecular weight excluding hydrogens is 585 g/mol. The largest absolute Gasteiger partial charge is 0.438 e. The van der Waals surface area contributed by atoms with Crippen molar-refractivity contribution in [3.8, 4) is 5.75 Å². The molecule has 3 heterocycles. The lowest BCUT2D eigenvalue weighted by molar-refractivity contribution is -0.138. The summed E-state index contributed by atoms with van der Waals surface area (Å²) in [6.07, 6.45) is 0.124. The molecule has 0 atom stereocenters. The number of halogens is 3. The predicted molar refractivity (Wildman–Crippen MR) is 167 cm³/mol. The van der Waals surface area contributed by atoms with E-state index in [0.717, 1.165) is 19.2 Å². The molecule has 3 N–H and O–H groups in total. The van der Waals surface area contributed by atoms with Crippen molar-refractivity contribution in [2.75, 3.05) is 45.6 Å². The van der Waals surface area contributed by atoms with Gasteiger partial charge in [-0.2, -0.15) is 18.2 Å². The van der Waals surface area contributed by atoms with Crippen LogP contribution in [0.25, 0.3) is 0 Å². The van der Waals surface area contributed by atoms with Gasteiger partial charge in [0.15, 0.2) is 11.7 Å². The number of likely N-dealkylation sites (N-methyl/N-ethyl adjacent to an activating group) is 1. The molecule has 0 bridgehead atoms. The summed E-state index contributed by atoms with van der Waals surface area (Å²) in [7, 11) is 3.65. The summed E-state index contributed by atoms with van der Waals surface area (Å²) in [6, 6.07) is 12.1. The van der Waals surface area contributed by atoms with Gasteiger partial charge in [-0.15, -0.1) is 0 Å². The number of nitrogens with zero attached hydrogens (tertiary/aromatic N) is 5. The molecule has 13 heteroatoms. The summed E-state index contributed by atoms with van der Waals surface area (Å²) in [5.74, 6) is -0.103. The molecule has 0 radical (unpaired) electrons. The summed E-state index contributed by atoms with van der Waals surface area (Å²) in [4.78, 5) is 30.2. The lowest BCUT2D eigenvalue weighted by Gasteiger charge is -2.33. The third kappa shape index (κ3) is 7.62. The number of ether oxygens (including phenoxy) is 1. The van der Waals surface area contributed by atoms with Crippen LogP contribution in [0.3, 0.4) is 0 Å². The van der Waals surface area contributed by atoms with Crippen molar-refractivity contribution in [1.82, 2.24) is 20.1 Å². The molecule has 0 aliphatic carbocycles. The Balaban J connectivity index is 1.37. The highest BCUT2D eigenvalue weighted by atomic mass is 19.4. The van der Waals surface area contributed by atoms with E-state index >= 15 is 0 Å². The molecule has 1 amide bonds. The number of alkyl halides is 3. The van der Waals surface area contributed by atoms with Crippen LogP contribution in [0.1, 0.15) is 32.6 Å². The molecule has 3 aromatic rings. The van der Waals surface area contributed by atoms with Crippen molar-refractivity contribution >= 4 is 29.2 Å². The quantitative estimate of drug-likeness (QED) is 0.353. The zero-order chi connectivity index (χ0) is 32.1. The van der Waals surface area contributed by atoms with Crippen LogP contribution in [0, 0.1) is 12.3 Å². The summed E-state index contributed by atoms with van der Waals surface area (Å²) in [5, 5.41) is 13.9. The Kier molecular flexibility index (Phi) is 9.40. The fourth-order valence-electron chi connectivity index (χ4n) is 4.89. The fraction of sp³-hybridized carbons (Fsp3) is 0.281. The molecule has 2 aliphatic heterocycles. The summed E-state index contributed by atoms with van der Waals surface area (Å²) in [5.41, 5.74) is 1.12. The third-order valence-electron chi connectivity index (χ3n) is 7.44. The number of aromatic nitrogens is 1. The average molecular weight is 619 g/mol. The van der Waals surface area contributed by atoms with Crippen LogP contribution < -0.4 is 15.4 Å². The number of amidine groups is 2. The van der Waals surface area contributed by atoms with Crippen LogP contribution in [0.4, 0.5) is 18.9 Å². The maximum absolute atomic E-state index is 14.1. The minimum atomic E-state index is -4.58. The van der Waals surface area contributed by atoms with Crippen molar-refractivity contribution in [2.45, 2.75) is 19.6 Å². The van der Waals surface area contributed by atoms with E-state index in [4.69, 9.17) is 10.1 Å². The van der Waals surface area contributed by atoms with Gasteiger partial charge in [0.1, 0.15) is 5.75 Å². The summed E-state index contributed by atoms with van der Waals surface area (Å²) >= 11 is 0. The summed E-state index contributed by atoms with van der Waals surface area (Å²) in [6.45, 7) is 4.90. The van der Waals surface area contributed by atoms with Gasteiger partial charge in [0.25, 0.3) is 5.91 Å². The number of piperazine rings is 1. The van der Waals surface area contributed by atoms with Crippen molar-refractivity contribution < 1.29 is 22.7 Å². The number of amides is 1. The van der Waals surface area contributed by atoms with Crippen LogP contribution in [-0.4, -0.2) is 78.5 Å². The maximum Gasteiger partial charge on any atom is 0.416 e. The number of pyridine rings is 1. The number of aryl methyl sites for hydroxylation is 1. The lowest BCUT2D eigenvalue weighted by Crippen LogP contribution is -2.44. The van der Waals surface area contributed by atoms with Crippen LogP contribution in [0.15, 0.2) is 82.7 Å². The highest BCUT2D eigenvalue weighted by Gasteiger charge is 2.34. The monoisotopic (exact) mass is 618 g/mol. The van der Waals surface area contributed by atoms with E-state index in [1.54, 1.807) is 50.6 Å². The second-order valence-corrected chi connectivity index (χ2v) is 10.8. The topological polar surface area (TPSA) is 118 Å². The standard InChI is InChI=1S/C32H33F3N8O2/c1-20-6-7-21(15-27(20)45-31-25(18-37-2)28(36)40-29(41-31)22-5-4-10-38-17-22)30(44)39-24-9-8-23(26(16-24)32(33,34)35)19-43-13-11-42(3)12-14-43/h4-10,15-18,36-37H,11-14,19H2,1-3H3,(H,39,44)/b25-18+,36-28?. The molecule has 45 heavy (non-hydrogen) atoms. The van der Waals surface area contributed by atoms with Crippen molar-refractivity contribution in [3.63, 3.8) is 0 Å². The first-order valence-electron chi connectivity index (χ1n) is 14.3. The Bertz CT molecular complexity index is 1680. The molecule has 5 rings (SSSR count). The number of anilines is 1. The normalized spacial score (nSPS) is 17.1. The van der Waals surface area contributed by atoms with Crippen LogP contribution in [0.2, 0.25) is 0 Å². The van der Waals surface area contributed by atoms with Gasteiger partial charge in [0.05, 0.1) is 11.1 Å². The fourth-order valence-corrected chi connectivity index (χ4v) is 4.89. The van der Waals surface area contributed by atoms with E-state index in [2.05, 4.69) is 30.5 Å². The lowest BCUT2D eigenvalue weighted by atomic mass is 10.0. The number of hydrogen-bond acceptors (Lipinski definition) is 8. The van der Waals surface area contributed by atoms with E-state index in [1.165, 1.54) is 24.4 Å². The number of carbonyl (C=O) groups excluding carboxylic acids is 1. The van der Waals surface area contributed by atoms with E-state index in [1.807, 2.05) is 11.9 Å². The molecule has 0 saturated carbocycles. The maximum atomic E-state index is 14.1. The van der Waals surface area contributed by atoms with Gasteiger partial charge in [0.2, 0.25) is 5.90 Å². The minimum absolute atomic E-state index is 0.0270. The van der Waals surface area contributed by atoms with Crippen molar-refractivity contribution in [1.29, 1.82) is 5.41 Å². The Morgan fingerprint density at radius 2 is 1.87 bits per heavy atom. The van der Waals surface area contributed by atoms with Gasteiger partial charge in [-0.3, -0.25) is 20.1 Å². The Morgan fingerprint density at radius 3 is 2.56 bits per heavy atom. The van der Waals surface area contributed by atoms with Crippen molar-refractivity contribution in [2.24, 2.45) is 9.98 Å². The highest BCUT2D eigenvalue weighted by Crippen LogP contribution is 2.35. The molecule has 10 nitrogen and oxygen atoms in total. The molecule has 234 valence electrons. The molecule has 1 saturated heterocycles. The average Bonchev–Trinajstić information content (AvgIpc) is 3.01. The second-order valence-electron chi connectivity index (χ2n) is 10.8. The molecule has 0 spiro atoms. The SMILES string of the molecule is CN/C=C1\C(=N)N=C(c2cccnc2)N=C1Oc1cc(C(=O)Nc2ccc(CN3CCN(C)CC3)c(C(F)(F)F)c2)ccc1C. The number of nitrogens with one attached hydrogen (secondary N) is 3. The first-order chi connectivity index (χ1) is 21.5. The zero-order valence-electron chi connectivity index (χ0n) is 25.1.